The van der Waals surface area contributed by atoms with Gasteiger partial charge >= 0.3 is 0 Å². The van der Waals surface area contributed by atoms with Crippen molar-refractivity contribution in [3.8, 4) is 34.5 Å². The van der Waals surface area contributed by atoms with Crippen LogP contribution < -0.4 is 23.7 Å². The van der Waals surface area contributed by atoms with Gasteiger partial charge in [0.05, 0.1) is 14.2 Å². The molecule has 3 aromatic rings. The third-order valence-electron chi connectivity index (χ3n) is 3.81. The molecule has 0 saturated heterocycles. The largest absolute Gasteiger partial charge is 0.493 e. The molecule has 0 unspecified atom stereocenters. The van der Waals surface area contributed by atoms with Gasteiger partial charge in [-0.1, -0.05) is 19.1 Å². The molecule has 0 saturated carbocycles. The number of nitrogens with one attached hydrogen (secondary N) is 2. The topological polar surface area (TPSA) is 125 Å². The molecule has 0 radical (unpaired) electrons. The molecule has 0 amide bonds. The predicted molar refractivity (Wildman–Crippen MR) is 111 cm³/mol. The third kappa shape index (κ3) is 4.93. The molecule has 3 rings (SSSR count). The first kappa shape index (κ1) is 21.3. The van der Waals surface area contributed by atoms with Crippen LogP contribution in [0.1, 0.15) is 6.92 Å². The second-order valence-electron chi connectivity index (χ2n) is 5.83. The van der Waals surface area contributed by atoms with Crippen molar-refractivity contribution in [1.29, 1.82) is 0 Å². The number of ether oxygens (including phenoxy) is 3. The number of hydrogen-bond acceptors (Lipinski definition) is 8. The number of para-hydroxylation sites is 2. The fraction of sp³-hybridized carbons (Fsp3) is 0.211. The lowest BCUT2D eigenvalue weighted by molar-refractivity contribution is 0.348. The third-order valence-corrected chi connectivity index (χ3v) is 4.94. The van der Waals surface area contributed by atoms with Crippen molar-refractivity contribution in [3.63, 3.8) is 0 Å². The smallest absolute Gasteiger partial charge is 0.300 e. The Balaban J connectivity index is 2.15. The van der Waals surface area contributed by atoms with Crippen molar-refractivity contribution in [2.45, 2.75) is 6.92 Å². The predicted octanol–water partition coefficient (Wildman–Crippen LogP) is 2.61. The first-order valence-corrected chi connectivity index (χ1v) is 10.4. The summed E-state index contributed by atoms with van der Waals surface area (Å²) < 4.78 is 46.1. The molecule has 0 aliphatic rings. The molecule has 0 aliphatic carbocycles. The Kier molecular flexibility index (Phi) is 6.65. The van der Waals surface area contributed by atoms with Crippen molar-refractivity contribution in [2.24, 2.45) is 0 Å². The van der Waals surface area contributed by atoms with Crippen LogP contribution in [0.4, 0.5) is 5.82 Å². The van der Waals surface area contributed by atoms with Crippen molar-refractivity contribution < 1.29 is 22.6 Å². The highest BCUT2D eigenvalue weighted by molar-refractivity contribution is 7.90. The number of rotatable bonds is 9. The normalized spacial score (nSPS) is 11.0. The number of aromatic nitrogens is 3. The molecule has 0 spiro atoms. The van der Waals surface area contributed by atoms with Crippen LogP contribution in [0, 0.1) is 0 Å². The minimum Gasteiger partial charge on any atom is -0.493 e. The maximum absolute atomic E-state index is 12.4. The maximum atomic E-state index is 12.4. The first-order valence-electron chi connectivity index (χ1n) is 8.92. The highest BCUT2D eigenvalue weighted by Gasteiger charge is 2.23. The molecule has 0 aliphatic heterocycles. The summed E-state index contributed by atoms with van der Waals surface area (Å²) in [6.07, 6.45) is 3.15. The van der Waals surface area contributed by atoms with Gasteiger partial charge in [-0.3, -0.25) is 9.71 Å². The summed E-state index contributed by atoms with van der Waals surface area (Å²) >= 11 is 0. The molecule has 0 fully saturated rings. The summed E-state index contributed by atoms with van der Waals surface area (Å²) in [6, 6.07) is 10.3. The molecule has 10 nitrogen and oxygen atoms in total. The molecule has 0 atom stereocenters. The van der Waals surface area contributed by atoms with E-state index in [2.05, 4.69) is 24.4 Å². The first-order chi connectivity index (χ1) is 14.5. The Morgan fingerprint density at radius 1 is 0.967 bits per heavy atom. The van der Waals surface area contributed by atoms with Crippen LogP contribution in [-0.4, -0.2) is 44.1 Å². The van der Waals surface area contributed by atoms with Gasteiger partial charge in [0.1, 0.15) is 0 Å². The van der Waals surface area contributed by atoms with Crippen molar-refractivity contribution in [3.05, 3.63) is 48.8 Å². The minimum absolute atomic E-state index is 0.0127. The van der Waals surface area contributed by atoms with Gasteiger partial charge in [-0.25, -0.2) is 4.98 Å². The van der Waals surface area contributed by atoms with E-state index in [0.29, 0.717) is 17.1 Å². The molecule has 0 bridgehead atoms. The average molecular weight is 431 g/mol. The van der Waals surface area contributed by atoms with Gasteiger partial charge in [-0.15, -0.1) is 0 Å². The van der Waals surface area contributed by atoms with E-state index in [0.717, 1.165) is 0 Å². The molecular formula is C19H21N5O5S. The summed E-state index contributed by atoms with van der Waals surface area (Å²) in [7, 11) is -1.01. The lowest BCUT2D eigenvalue weighted by Gasteiger charge is -2.17. The minimum atomic E-state index is -3.91. The highest BCUT2D eigenvalue weighted by atomic mass is 32.2. The van der Waals surface area contributed by atoms with Crippen LogP contribution in [0.3, 0.4) is 0 Å². The van der Waals surface area contributed by atoms with Crippen LogP contribution in [0.15, 0.2) is 48.8 Å². The summed E-state index contributed by atoms with van der Waals surface area (Å²) in [5, 5.41) is 0. The molecule has 2 heterocycles. The van der Waals surface area contributed by atoms with E-state index in [1.807, 2.05) is 0 Å². The van der Waals surface area contributed by atoms with Gasteiger partial charge in [-0.2, -0.15) is 18.1 Å². The van der Waals surface area contributed by atoms with E-state index in [4.69, 9.17) is 14.2 Å². The maximum Gasteiger partial charge on any atom is 0.300 e. The number of methoxy groups -OCH3 is 2. The molecule has 2 N–H and O–H groups in total. The van der Waals surface area contributed by atoms with E-state index in [1.54, 1.807) is 55.7 Å². The quantitative estimate of drug-likeness (QED) is 0.530. The van der Waals surface area contributed by atoms with Gasteiger partial charge in [0.15, 0.2) is 23.1 Å². The van der Waals surface area contributed by atoms with Crippen LogP contribution in [0.25, 0.3) is 11.4 Å². The second-order valence-corrected chi connectivity index (χ2v) is 7.33. The summed E-state index contributed by atoms with van der Waals surface area (Å²) in [4.78, 5) is 12.7. The van der Waals surface area contributed by atoms with Gasteiger partial charge in [-0.05, 0) is 24.3 Å². The Morgan fingerprint density at radius 2 is 1.67 bits per heavy atom. The molecule has 2 aromatic heterocycles. The van der Waals surface area contributed by atoms with Crippen LogP contribution in [0.2, 0.25) is 0 Å². The Hall–Kier alpha value is -3.44. The molecule has 30 heavy (non-hydrogen) atoms. The zero-order valence-electron chi connectivity index (χ0n) is 16.6. The van der Waals surface area contributed by atoms with E-state index >= 15 is 0 Å². The molecular weight excluding hydrogens is 410 g/mol. The average Bonchev–Trinajstić information content (AvgIpc) is 2.75. The fourth-order valence-electron chi connectivity index (χ4n) is 2.53. The van der Waals surface area contributed by atoms with Crippen molar-refractivity contribution in [1.82, 2.24) is 19.7 Å². The van der Waals surface area contributed by atoms with Gasteiger partial charge in [0, 0.05) is 24.5 Å². The van der Waals surface area contributed by atoms with Crippen LogP contribution in [0.5, 0.6) is 23.1 Å². The number of hydrogen-bond donors (Lipinski definition) is 2. The van der Waals surface area contributed by atoms with Crippen molar-refractivity contribution >= 4 is 16.0 Å². The Morgan fingerprint density at radius 3 is 2.30 bits per heavy atom. The van der Waals surface area contributed by atoms with Crippen LogP contribution in [-0.2, 0) is 10.2 Å². The molecule has 11 heteroatoms. The van der Waals surface area contributed by atoms with Gasteiger partial charge < -0.3 is 14.2 Å². The monoisotopic (exact) mass is 431 g/mol. The highest BCUT2D eigenvalue weighted by Crippen LogP contribution is 2.40. The van der Waals surface area contributed by atoms with Crippen LogP contribution >= 0.6 is 0 Å². The SMILES string of the molecule is CCNS(=O)(=O)Nc1nc(-c2ccncc2)nc(OC)c1Oc1ccccc1OC. The van der Waals surface area contributed by atoms with E-state index < -0.39 is 10.2 Å². The molecule has 158 valence electrons. The summed E-state index contributed by atoms with van der Waals surface area (Å²) in [5.41, 5.74) is 0.621. The van der Waals surface area contributed by atoms with Gasteiger partial charge in [0.2, 0.25) is 5.75 Å². The Labute approximate surface area is 174 Å². The standard InChI is InChI=1S/C19H21N5O5S/c1-4-21-30(25,26)24-18-16(29-15-8-6-5-7-14(15)27-2)19(28-3)23-17(22-18)13-9-11-20-12-10-13/h5-12,21H,4H2,1-3H3,(H,22,23,24). The van der Waals surface area contributed by atoms with Crippen molar-refractivity contribution in [2.75, 3.05) is 25.5 Å². The number of nitrogens with zero attached hydrogens (tertiary/aromatic N) is 3. The fourth-order valence-corrected chi connectivity index (χ4v) is 3.37. The van der Waals surface area contributed by atoms with E-state index in [9.17, 15) is 8.42 Å². The zero-order valence-corrected chi connectivity index (χ0v) is 17.4. The Bertz CT molecular complexity index is 1110. The lowest BCUT2D eigenvalue weighted by atomic mass is 10.2. The number of anilines is 1. The second kappa shape index (κ2) is 9.37. The summed E-state index contributed by atoms with van der Waals surface area (Å²) in [5.74, 6) is 0.940. The molecule has 1 aromatic carbocycles. The number of pyridine rings is 1. The van der Waals surface area contributed by atoms with E-state index in [1.165, 1.54) is 14.2 Å². The number of benzene rings is 1. The lowest BCUT2D eigenvalue weighted by Crippen LogP contribution is -2.30. The van der Waals surface area contributed by atoms with Gasteiger partial charge in [0.25, 0.3) is 16.1 Å². The zero-order chi connectivity index (χ0) is 21.6. The summed E-state index contributed by atoms with van der Waals surface area (Å²) in [6.45, 7) is 1.85. The van der Waals surface area contributed by atoms with E-state index in [-0.39, 0.29) is 29.8 Å².